The molecule has 27 heavy (non-hydrogen) atoms. The second-order valence-corrected chi connectivity index (χ2v) is 7.17. The van der Waals surface area contributed by atoms with Crippen molar-refractivity contribution < 1.29 is 9.53 Å². The molecular formula is C23H24N2O2. The van der Waals surface area contributed by atoms with E-state index >= 15 is 0 Å². The van der Waals surface area contributed by atoms with Crippen LogP contribution in [0.3, 0.4) is 0 Å². The van der Waals surface area contributed by atoms with Gasteiger partial charge in [-0.3, -0.25) is 9.78 Å². The van der Waals surface area contributed by atoms with Crippen molar-refractivity contribution in [3.8, 4) is 5.75 Å². The van der Waals surface area contributed by atoms with Crippen LogP contribution in [0.25, 0.3) is 10.9 Å². The molecule has 0 radical (unpaired) electrons. The van der Waals surface area contributed by atoms with Crippen molar-refractivity contribution in [1.82, 2.24) is 9.88 Å². The van der Waals surface area contributed by atoms with Gasteiger partial charge in [-0.05, 0) is 49.9 Å². The standard InChI is InChI=1S/C23H24N2O2/c1-16-10-12-17(13-11-16)27-15-14-25(2)23(26)22-18-6-3-4-8-20(18)24-21-9-5-7-19(21)22/h3-4,6,8,10-13H,5,7,9,14-15H2,1-2H3. The Hall–Kier alpha value is -2.88. The third-order valence-corrected chi connectivity index (χ3v) is 5.20. The summed E-state index contributed by atoms with van der Waals surface area (Å²) < 4.78 is 5.79. The maximum absolute atomic E-state index is 13.2. The number of para-hydroxylation sites is 1. The van der Waals surface area contributed by atoms with Crippen LogP contribution >= 0.6 is 0 Å². The molecule has 3 aromatic rings. The number of aromatic nitrogens is 1. The second-order valence-electron chi connectivity index (χ2n) is 7.17. The minimum Gasteiger partial charge on any atom is -0.492 e. The van der Waals surface area contributed by atoms with Crippen molar-refractivity contribution in [2.75, 3.05) is 20.2 Å². The van der Waals surface area contributed by atoms with Crippen LogP contribution < -0.4 is 4.74 Å². The van der Waals surface area contributed by atoms with E-state index in [9.17, 15) is 4.79 Å². The third-order valence-electron chi connectivity index (χ3n) is 5.20. The van der Waals surface area contributed by atoms with E-state index in [-0.39, 0.29) is 5.91 Å². The Morgan fingerprint density at radius 1 is 1.11 bits per heavy atom. The largest absolute Gasteiger partial charge is 0.492 e. The first-order valence-electron chi connectivity index (χ1n) is 9.49. The summed E-state index contributed by atoms with van der Waals surface area (Å²) in [6.07, 6.45) is 2.96. The molecule has 0 saturated carbocycles. The van der Waals surface area contributed by atoms with Crippen molar-refractivity contribution in [2.24, 2.45) is 0 Å². The first-order chi connectivity index (χ1) is 13.1. The Labute approximate surface area is 159 Å². The van der Waals surface area contributed by atoms with Crippen LogP contribution in [0.4, 0.5) is 0 Å². The van der Waals surface area contributed by atoms with Crippen LogP contribution in [0.2, 0.25) is 0 Å². The van der Waals surface area contributed by atoms with E-state index in [1.165, 1.54) is 5.56 Å². The third kappa shape index (κ3) is 3.52. The fourth-order valence-corrected chi connectivity index (χ4v) is 3.68. The summed E-state index contributed by atoms with van der Waals surface area (Å²) in [4.78, 5) is 19.8. The van der Waals surface area contributed by atoms with Gasteiger partial charge in [0.05, 0.1) is 17.6 Å². The first kappa shape index (κ1) is 17.5. The Kier molecular flexibility index (Phi) is 4.80. The zero-order valence-electron chi connectivity index (χ0n) is 15.9. The predicted octanol–water partition coefficient (Wildman–Crippen LogP) is 4.18. The molecule has 1 aliphatic carbocycles. The first-order valence-corrected chi connectivity index (χ1v) is 9.49. The number of likely N-dealkylation sites (N-methyl/N-ethyl adjacent to an activating group) is 1. The molecule has 0 bridgehead atoms. The quantitative estimate of drug-likeness (QED) is 0.685. The molecule has 138 valence electrons. The molecular weight excluding hydrogens is 336 g/mol. The van der Waals surface area contributed by atoms with Crippen molar-refractivity contribution in [3.63, 3.8) is 0 Å². The molecule has 4 nitrogen and oxygen atoms in total. The summed E-state index contributed by atoms with van der Waals surface area (Å²) in [5.74, 6) is 0.885. The molecule has 0 spiro atoms. The van der Waals surface area contributed by atoms with Gasteiger partial charge in [-0.1, -0.05) is 35.9 Å². The smallest absolute Gasteiger partial charge is 0.254 e. The lowest BCUT2D eigenvalue weighted by Crippen LogP contribution is -2.32. The molecule has 4 rings (SSSR count). The van der Waals surface area contributed by atoms with Crippen molar-refractivity contribution >= 4 is 16.8 Å². The monoisotopic (exact) mass is 360 g/mol. The fraction of sp³-hybridized carbons (Fsp3) is 0.304. The van der Waals surface area contributed by atoms with Gasteiger partial charge >= 0.3 is 0 Å². The SMILES string of the molecule is Cc1ccc(OCCN(C)C(=O)c2c3c(nc4ccccc24)CCC3)cc1. The second kappa shape index (κ2) is 7.39. The van der Waals surface area contributed by atoms with Gasteiger partial charge in [0.15, 0.2) is 0 Å². The predicted molar refractivity (Wildman–Crippen MR) is 107 cm³/mol. The number of nitrogens with zero attached hydrogens (tertiary/aromatic N) is 2. The Morgan fingerprint density at radius 3 is 2.70 bits per heavy atom. The van der Waals surface area contributed by atoms with Crippen LogP contribution in [0.15, 0.2) is 48.5 Å². The van der Waals surface area contributed by atoms with Gasteiger partial charge < -0.3 is 9.64 Å². The molecule has 0 aliphatic heterocycles. The van der Waals surface area contributed by atoms with Crippen LogP contribution in [-0.2, 0) is 12.8 Å². The van der Waals surface area contributed by atoms with E-state index in [2.05, 4.69) is 0 Å². The number of carbonyl (C=O) groups is 1. The normalized spacial score (nSPS) is 12.8. The molecule has 1 amide bonds. The molecule has 0 fully saturated rings. The summed E-state index contributed by atoms with van der Waals surface area (Å²) in [7, 11) is 1.84. The minimum atomic E-state index is 0.0549. The molecule has 0 atom stereocenters. The molecule has 4 heteroatoms. The van der Waals surface area contributed by atoms with E-state index in [1.807, 2.05) is 62.5 Å². The van der Waals surface area contributed by atoms with Crippen molar-refractivity contribution in [3.05, 3.63) is 70.9 Å². The van der Waals surface area contributed by atoms with Gasteiger partial charge in [0.1, 0.15) is 12.4 Å². The molecule has 0 saturated heterocycles. The maximum atomic E-state index is 13.2. The molecule has 0 N–H and O–H groups in total. The lowest BCUT2D eigenvalue weighted by Gasteiger charge is -2.20. The van der Waals surface area contributed by atoms with Gasteiger partial charge in [-0.15, -0.1) is 0 Å². The summed E-state index contributed by atoms with van der Waals surface area (Å²) >= 11 is 0. The summed E-state index contributed by atoms with van der Waals surface area (Å²) in [6.45, 7) is 3.06. The number of benzene rings is 2. The van der Waals surface area contributed by atoms with Crippen molar-refractivity contribution in [2.45, 2.75) is 26.2 Å². The summed E-state index contributed by atoms with van der Waals surface area (Å²) in [5, 5.41) is 0.953. The van der Waals surface area contributed by atoms with Gasteiger partial charge in [-0.2, -0.15) is 0 Å². The molecule has 2 aromatic carbocycles. The highest BCUT2D eigenvalue weighted by Gasteiger charge is 2.25. The highest BCUT2D eigenvalue weighted by atomic mass is 16.5. The molecule has 1 aromatic heterocycles. The van der Waals surface area contributed by atoms with E-state index in [0.29, 0.717) is 13.2 Å². The number of amides is 1. The van der Waals surface area contributed by atoms with E-state index < -0.39 is 0 Å². The molecule has 1 aliphatic rings. The zero-order valence-corrected chi connectivity index (χ0v) is 15.9. The maximum Gasteiger partial charge on any atom is 0.254 e. The number of rotatable bonds is 5. The van der Waals surface area contributed by atoms with Crippen LogP contribution in [0.1, 0.15) is 33.6 Å². The topological polar surface area (TPSA) is 42.4 Å². The van der Waals surface area contributed by atoms with Crippen LogP contribution in [0, 0.1) is 6.92 Å². The Bertz CT molecular complexity index is 980. The summed E-state index contributed by atoms with van der Waals surface area (Å²) in [5.41, 5.74) is 5.15. The van der Waals surface area contributed by atoms with Crippen molar-refractivity contribution in [1.29, 1.82) is 0 Å². The van der Waals surface area contributed by atoms with Crippen LogP contribution in [0.5, 0.6) is 5.75 Å². The number of fused-ring (bicyclic) bond motifs is 2. The number of hydrogen-bond donors (Lipinski definition) is 0. The highest BCUT2D eigenvalue weighted by molar-refractivity contribution is 6.07. The zero-order chi connectivity index (χ0) is 18.8. The van der Waals surface area contributed by atoms with E-state index in [4.69, 9.17) is 9.72 Å². The highest BCUT2D eigenvalue weighted by Crippen LogP contribution is 2.30. The average molecular weight is 360 g/mol. The number of hydrogen-bond acceptors (Lipinski definition) is 3. The van der Waals surface area contributed by atoms with Gasteiger partial charge in [0, 0.05) is 18.1 Å². The molecule has 0 unspecified atom stereocenters. The fourth-order valence-electron chi connectivity index (χ4n) is 3.68. The number of carbonyl (C=O) groups excluding carboxylic acids is 1. The van der Waals surface area contributed by atoms with Crippen LogP contribution in [-0.4, -0.2) is 36.0 Å². The minimum absolute atomic E-state index is 0.0549. The Balaban J connectivity index is 1.53. The number of pyridine rings is 1. The lowest BCUT2D eigenvalue weighted by atomic mass is 10.00. The summed E-state index contributed by atoms with van der Waals surface area (Å²) in [6, 6.07) is 15.9. The van der Waals surface area contributed by atoms with E-state index in [1.54, 1.807) is 4.90 Å². The van der Waals surface area contributed by atoms with Gasteiger partial charge in [0.2, 0.25) is 0 Å². The average Bonchev–Trinajstić information content (AvgIpc) is 3.15. The lowest BCUT2D eigenvalue weighted by molar-refractivity contribution is 0.0774. The number of ether oxygens (including phenoxy) is 1. The van der Waals surface area contributed by atoms with Gasteiger partial charge in [-0.25, -0.2) is 0 Å². The molecule has 1 heterocycles. The Morgan fingerprint density at radius 2 is 1.89 bits per heavy atom. The number of aryl methyl sites for hydroxylation is 2. The van der Waals surface area contributed by atoms with Gasteiger partial charge in [0.25, 0.3) is 5.91 Å². The van der Waals surface area contributed by atoms with E-state index in [0.717, 1.165) is 52.7 Å².